The predicted molar refractivity (Wildman–Crippen MR) is 58.7 cm³/mol. The van der Waals surface area contributed by atoms with Gasteiger partial charge in [-0.1, -0.05) is 0 Å². The minimum Gasteiger partial charge on any atom is -0.465 e. The van der Waals surface area contributed by atoms with E-state index in [2.05, 4.69) is 15.2 Å². The summed E-state index contributed by atoms with van der Waals surface area (Å²) in [6, 6.07) is 3.63. The van der Waals surface area contributed by atoms with Crippen LogP contribution in [0.1, 0.15) is 5.76 Å². The van der Waals surface area contributed by atoms with Crippen LogP contribution in [-0.4, -0.2) is 36.4 Å². The average Bonchev–Trinajstić information content (AvgIpc) is 2.89. The van der Waals surface area contributed by atoms with E-state index in [1.54, 1.807) is 18.4 Å². The number of guanidine groups is 1. The smallest absolute Gasteiger partial charge is 0.255 e. The Balaban J connectivity index is 1.87. The zero-order chi connectivity index (χ0) is 11.0. The summed E-state index contributed by atoms with van der Waals surface area (Å²) >= 11 is 0. The van der Waals surface area contributed by atoms with Gasteiger partial charge in [0.1, 0.15) is 5.76 Å². The SMILES string of the molecule is O=C1NC2=NCCN2C/C1=C/c1ccco1. The fourth-order valence-electron chi connectivity index (χ4n) is 1.87. The number of hydrogen-bond acceptors (Lipinski definition) is 4. The standard InChI is InChI=1S/C11H11N3O2/c15-10-8(6-9-2-1-5-16-9)7-14-4-3-12-11(14)13-10/h1-2,5-6H,3-4,7H2,(H,12,13,15)/b8-6-. The first-order chi connectivity index (χ1) is 7.83. The molecule has 1 amide bonds. The largest absolute Gasteiger partial charge is 0.465 e. The van der Waals surface area contributed by atoms with Crippen molar-refractivity contribution in [3.63, 3.8) is 0 Å². The molecule has 0 bridgehead atoms. The van der Waals surface area contributed by atoms with Gasteiger partial charge >= 0.3 is 0 Å². The maximum Gasteiger partial charge on any atom is 0.255 e. The third-order valence-electron chi connectivity index (χ3n) is 2.67. The molecule has 0 aliphatic carbocycles. The Morgan fingerprint density at radius 1 is 1.56 bits per heavy atom. The molecule has 0 unspecified atom stereocenters. The van der Waals surface area contributed by atoms with Crippen LogP contribution < -0.4 is 5.32 Å². The summed E-state index contributed by atoms with van der Waals surface area (Å²) in [5, 5.41) is 2.77. The van der Waals surface area contributed by atoms with Gasteiger partial charge in [0, 0.05) is 12.1 Å². The zero-order valence-corrected chi connectivity index (χ0v) is 8.64. The van der Waals surface area contributed by atoms with Gasteiger partial charge in [-0.25, -0.2) is 0 Å². The molecule has 1 N–H and O–H groups in total. The van der Waals surface area contributed by atoms with Gasteiger partial charge in [0.2, 0.25) is 5.96 Å². The lowest BCUT2D eigenvalue weighted by atomic mass is 10.1. The number of furan rings is 1. The summed E-state index contributed by atoms with van der Waals surface area (Å²) in [5.41, 5.74) is 0.704. The number of hydrogen-bond donors (Lipinski definition) is 1. The molecule has 5 heteroatoms. The lowest BCUT2D eigenvalue weighted by Gasteiger charge is -2.26. The third-order valence-corrected chi connectivity index (χ3v) is 2.67. The first kappa shape index (κ1) is 9.21. The molecule has 1 aromatic rings. The molecule has 5 nitrogen and oxygen atoms in total. The monoisotopic (exact) mass is 217 g/mol. The van der Waals surface area contributed by atoms with Crippen molar-refractivity contribution in [2.75, 3.05) is 19.6 Å². The Hall–Kier alpha value is -2.04. The van der Waals surface area contributed by atoms with Crippen LogP contribution in [0.5, 0.6) is 0 Å². The molecule has 0 atom stereocenters. The molecule has 2 aliphatic rings. The molecule has 0 saturated carbocycles. The van der Waals surface area contributed by atoms with Gasteiger partial charge in [0.05, 0.1) is 19.4 Å². The second-order valence-electron chi connectivity index (χ2n) is 3.77. The lowest BCUT2D eigenvalue weighted by Crippen LogP contribution is -2.49. The summed E-state index contributed by atoms with van der Waals surface area (Å²) in [7, 11) is 0. The van der Waals surface area contributed by atoms with Crippen LogP contribution in [-0.2, 0) is 4.79 Å². The minimum absolute atomic E-state index is 0.0895. The van der Waals surface area contributed by atoms with E-state index in [0.29, 0.717) is 23.8 Å². The normalized spacial score (nSPS) is 22.0. The van der Waals surface area contributed by atoms with E-state index in [1.165, 1.54) is 0 Å². The summed E-state index contributed by atoms with van der Waals surface area (Å²) in [4.78, 5) is 18.0. The van der Waals surface area contributed by atoms with Crippen molar-refractivity contribution in [2.45, 2.75) is 0 Å². The quantitative estimate of drug-likeness (QED) is 0.695. The van der Waals surface area contributed by atoms with Gasteiger partial charge in [-0.3, -0.25) is 15.1 Å². The number of nitrogens with zero attached hydrogens (tertiary/aromatic N) is 2. The van der Waals surface area contributed by atoms with Crippen LogP contribution in [0.25, 0.3) is 6.08 Å². The Morgan fingerprint density at radius 2 is 2.50 bits per heavy atom. The van der Waals surface area contributed by atoms with Crippen molar-refractivity contribution in [3.8, 4) is 0 Å². The van der Waals surface area contributed by atoms with Crippen LogP contribution in [0.3, 0.4) is 0 Å². The number of aliphatic imine (C=N–C) groups is 1. The molecule has 16 heavy (non-hydrogen) atoms. The van der Waals surface area contributed by atoms with E-state index in [9.17, 15) is 4.79 Å². The molecule has 1 saturated heterocycles. The molecule has 1 aromatic heterocycles. The number of carbonyl (C=O) groups excluding carboxylic acids is 1. The summed E-state index contributed by atoms with van der Waals surface area (Å²) in [6.07, 6.45) is 3.36. The van der Waals surface area contributed by atoms with Gasteiger partial charge in [-0.2, -0.15) is 0 Å². The van der Waals surface area contributed by atoms with E-state index < -0.39 is 0 Å². The van der Waals surface area contributed by atoms with Crippen LogP contribution in [0.4, 0.5) is 0 Å². The van der Waals surface area contributed by atoms with E-state index >= 15 is 0 Å². The van der Waals surface area contributed by atoms with Crippen LogP contribution >= 0.6 is 0 Å². The number of fused-ring (bicyclic) bond motifs is 1. The van der Waals surface area contributed by atoms with Crippen molar-refractivity contribution in [1.82, 2.24) is 10.2 Å². The highest BCUT2D eigenvalue weighted by Gasteiger charge is 2.28. The van der Waals surface area contributed by atoms with E-state index in [-0.39, 0.29) is 5.91 Å². The predicted octanol–water partition coefficient (Wildman–Crippen LogP) is 0.464. The molecule has 0 spiro atoms. The van der Waals surface area contributed by atoms with Crippen molar-refractivity contribution < 1.29 is 9.21 Å². The molecule has 3 rings (SSSR count). The van der Waals surface area contributed by atoms with Crippen LogP contribution in [0.2, 0.25) is 0 Å². The summed E-state index contributed by atoms with van der Waals surface area (Å²) in [6.45, 7) is 2.22. The van der Waals surface area contributed by atoms with Crippen molar-refractivity contribution in [3.05, 3.63) is 29.7 Å². The molecule has 82 valence electrons. The maximum absolute atomic E-state index is 11.7. The first-order valence-corrected chi connectivity index (χ1v) is 5.18. The molecule has 3 heterocycles. The van der Waals surface area contributed by atoms with Crippen LogP contribution in [0.15, 0.2) is 33.4 Å². The molecule has 0 radical (unpaired) electrons. The van der Waals surface area contributed by atoms with Gasteiger partial charge in [-0.15, -0.1) is 0 Å². The highest BCUT2D eigenvalue weighted by atomic mass is 16.3. The second-order valence-corrected chi connectivity index (χ2v) is 3.77. The van der Waals surface area contributed by atoms with Gasteiger partial charge in [0.25, 0.3) is 5.91 Å². The highest BCUT2D eigenvalue weighted by Crippen LogP contribution is 2.14. The Morgan fingerprint density at radius 3 is 3.31 bits per heavy atom. The third kappa shape index (κ3) is 1.50. The van der Waals surface area contributed by atoms with Crippen molar-refractivity contribution in [1.29, 1.82) is 0 Å². The van der Waals surface area contributed by atoms with E-state index in [0.717, 1.165) is 13.1 Å². The highest BCUT2D eigenvalue weighted by molar-refractivity contribution is 6.10. The summed E-state index contributed by atoms with van der Waals surface area (Å²) < 4.78 is 5.19. The van der Waals surface area contributed by atoms with Gasteiger partial charge < -0.3 is 9.32 Å². The fraction of sp³-hybridized carbons (Fsp3) is 0.273. The van der Waals surface area contributed by atoms with Crippen molar-refractivity contribution in [2.24, 2.45) is 4.99 Å². The maximum atomic E-state index is 11.7. The topological polar surface area (TPSA) is 57.8 Å². The Labute approximate surface area is 92.4 Å². The zero-order valence-electron chi connectivity index (χ0n) is 8.64. The second kappa shape index (κ2) is 3.52. The van der Waals surface area contributed by atoms with Crippen LogP contribution in [0, 0.1) is 0 Å². The average molecular weight is 217 g/mol. The Kier molecular flexibility index (Phi) is 2.02. The molecular formula is C11H11N3O2. The molecule has 0 aromatic carbocycles. The fourth-order valence-corrected chi connectivity index (χ4v) is 1.87. The van der Waals surface area contributed by atoms with E-state index in [1.807, 2.05) is 6.07 Å². The molecular weight excluding hydrogens is 206 g/mol. The lowest BCUT2D eigenvalue weighted by molar-refractivity contribution is -0.116. The summed E-state index contributed by atoms with van der Waals surface area (Å²) in [5.74, 6) is 1.31. The number of nitrogens with one attached hydrogen (secondary N) is 1. The molecule has 1 fully saturated rings. The number of carbonyl (C=O) groups is 1. The number of amides is 1. The first-order valence-electron chi connectivity index (χ1n) is 5.18. The van der Waals surface area contributed by atoms with Gasteiger partial charge in [-0.05, 0) is 18.2 Å². The Bertz CT molecular complexity index is 473. The van der Waals surface area contributed by atoms with Gasteiger partial charge in [0.15, 0.2) is 0 Å². The molecule has 2 aliphatic heterocycles. The van der Waals surface area contributed by atoms with Crippen molar-refractivity contribution >= 4 is 17.9 Å². The minimum atomic E-state index is -0.0895. The van der Waals surface area contributed by atoms with E-state index in [4.69, 9.17) is 4.42 Å². The number of rotatable bonds is 1.